The summed E-state index contributed by atoms with van der Waals surface area (Å²) < 4.78 is 4.96. The molecule has 0 fully saturated rings. The Labute approximate surface area is 124 Å². The SMILES string of the molecule is C=CCN(CCOC)C(=O)Nc1ccc(CC(=O)O)cc1. The zero-order chi connectivity index (χ0) is 15.7. The molecule has 1 aromatic carbocycles. The van der Waals surface area contributed by atoms with Gasteiger partial charge >= 0.3 is 12.0 Å². The lowest BCUT2D eigenvalue weighted by Gasteiger charge is -2.21. The van der Waals surface area contributed by atoms with Crippen molar-refractivity contribution >= 4 is 17.7 Å². The van der Waals surface area contributed by atoms with Crippen molar-refractivity contribution in [1.29, 1.82) is 0 Å². The fourth-order valence-corrected chi connectivity index (χ4v) is 1.72. The number of carboxylic acid groups (broad SMARTS) is 1. The van der Waals surface area contributed by atoms with E-state index in [1.54, 1.807) is 42.4 Å². The van der Waals surface area contributed by atoms with Gasteiger partial charge in [-0.15, -0.1) is 6.58 Å². The number of carbonyl (C=O) groups excluding carboxylic acids is 1. The van der Waals surface area contributed by atoms with Gasteiger partial charge in [0.15, 0.2) is 0 Å². The Hall–Kier alpha value is -2.34. The van der Waals surface area contributed by atoms with Crippen LogP contribution in [0, 0.1) is 0 Å². The molecular weight excluding hydrogens is 272 g/mol. The molecule has 2 amide bonds. The Balaban J connectivity index is 2.62. The number of amides is 2. The van der Waals surface area contributed by atoms with Gasteiger partial charge in [-0.3, -0.25) is 4.79 Å². The van der Waals surface area contributed by atoms with Crippen LogP contribution in [0.25, 0.3) is 0 Å². The van der Waals surface area contributed by atoms with E-state index in [-0.39, 0.29) is 12.5 Å². The summed E-state index contributed by atoms with van der Waals surface area (Å²) in [6, 6.07) is 6.46. The number of hydrogen-bond donors (Lipinski definition) is 2. The molecule has 0 aliphatic rings. The summed E-state index contributed by atoms with van der Waals surface area (Å²) in [5.41, 5.74) is 1.29. The molecular formula is C15H20N2O4. The molecule has 2 N–H and O–H groups in total. The highest BCUT2D eigenvalue weighted by atomic mass is 16.5. The second kappa shape index (κ2) is 8.76. The Morgan fingerprint density at radius 3 is 2.57 bits per heavy atom. The Morgan fingerprint density at radius 2 is 2.05 bits per heavy atom. The fraction of sp³-hybridized carbons (Fsp3) is 0.333. The summed E-state index contributed by atoms with van der Waals surface area (Å²) in [5.74, 6) is -0.886. The van der Waals surface area contributed by atoms with Gasteiger partial charge in [-0.1, -0.05) is 18.2 Å². The summed E-state index contributed by atoms with van der Waals surface area (Å²) in [6.07, 6.45) is 1.61. The third-order valence-corrected chi connectivity index (χ3v) is 2.76. The quantitative estimate of drug-likeness (QED) is 0.718. The number of methoxy groups -OCH3 is 1. The smallest absolute Gasteiger partial charge is 0.322 e. The molecule has 0 aliphatic carbocycles. The van der Waals surface area contributed by atoms with Crippen LogP contribution >= 0.6 is 0 Å². The third kappa shape index (κ3) is 6.09. The zero-order valence-corrected chi connectivity index (χ0v) is 12.0. The minimum Gasteiger partial charge on any atom is -0.481 e. The number of rotatable bonds is 8. The van der Waals surface area contributed by atoms with Crippen molar-refractivity contribution in [3.05, 3.63) is 42.5 Å². The van der Waals surface area contributed by atoms with Gasteiger partial charge in [0, 0.05) is 25.9 Å². The van der Waals surface area contributed by atoms with Crippen LogP contribution in [-0.4, -0.2) is 48.8 Å². The molecule has 0 bridgehead atoms. The summed E-state index contributed by atoms with van der Waals surface area (Å²) in [5, 5.41) is 11.5. The Kier molecular flexibility index (Phi) is 6.97. The molecule has 0 radical (unpaired) electrons. The summed E-state index contributed by atoms with van der Waals surface area (Å²) in [7, 11) is 1.57. The van der Waals surface area contributed by atoms with Gasteiger partial charge in [-0.2, -0.15) is 0 Å². The molecule has 114 valence electrons. The van der Waals surface area contributed by atoms with Crippen molar-refractivity contribution in [2.24, 2.45) is 0 Å². The van der Waals surface area contributed by atoms with Gasteiger partial charge in [0.2, 0.25) is 0 Å². The van der Waals surface area contributed by atoms with E-state index in [0.29, 0.717) is 30.9 Å². The van der Waals surface area contributed by atoms with E-state index in [4.69, 9.17) is 9.84 Å². The molecule has 0 heterocycles. The number of carboxylic acids is 1. The largest absolute Gasteiger partial charge is 0.481 e. The molecule has 0 aromatic heterocycles. The number of hydrogen-bond acceptors (Lipinski definition) is 3. The van der Waals surface area contributed by atoms with Crippen molar-refractivity contribution in [2.75, 3.05) is 32.1 Å². The zero-order valence-electron chi connectivity index (χ0n) is 12.0. The fourth-order valence-electron chi connectivity index (χ4n) is 1.72. The summed E-state index contributed by atoms with van der Waals surface area (Å²) in [6.45, 7) is 4.95. The minimum atomic E-state index is -0.886. The maximum Gasteiger partial charge on any atom is 0.322 e. The van der Waals surface area contributed by atoms with Gasteiger partial charge in [-0.25, -0.2) is 4.79 Å². The monoisotopic (exact) mass is 292 g/mol. The van der Waals surface area contributed by atoms with Crippen LogP contribution in [0.2, 0.25) is 0 Å². The average Bonchev–Trinajstić information content (AvgIpc) is 2.45. The van der Waals surface area contributed by atoms with Crippen LogP contribution in [-0.2, 0) is 16.0 Å². The number of anilines is 1. The van der Waals surface area contributed by atoms with Crippen LogP contribution in [0.3, 0.4) is 0 Å². The molecule has 0 saturated heterocycles. The van der Waals surface area contributed by atoms with Crippen molar-refractivity contribution in [2.45, 2.75) is 6.42 Å². The number of urea groups is 1. The second-order valence-electron chi connectivity index (χ2n) is 4.43. The average molecular weight is 292 g/mol. The molecule has 6 nitrogen and oxygen atoms in total. The highest BCUT2D eigenvalue weighted by Gasteiger charge is 2.11. The molecule has 0 unspecified atom stereocenters. The van der Waals surface area contributed by atoms with Gasteiger partial charge in [0.25, 0.3) is 0 Å². The number of nitrogens with zero attached hydrogens (tertiary/aromatic N) is 1. The number of aliphatic carboxylic acids is 1. The van der Waals surface area contributed by atoms with Crippen molar-refractivity contribution in [3.8, 4) is 0 Å². The molecule has 0 saturated carbocycles. The first-order valence-electron chi connectivity index (χ1n) is 6.53. The maximum atomic E-state index is 12.1. The minimum absolute atomic E-state index is 0.0370. The van der Waals surface area contributed by atoms with Gasteiger partial charge in [-0.05, 0) is 17.7 Å². The van der Waals surface area contributed by atoms with E-state index in [1.165, 1.54) is 0 Å². The van der Waals surface area contributed by atoms with E-state index in [0.717, 1.165) is 0 Å². The maximum absolute atomic E-state index is 12.1. The predicted molar refractivity (Wildman–Crippen MR) is 80.4 cm³/mol. The second-order valence-corrected chi connectivity index (χ2v) is 4.43. The molecule has 1 aromatic rings. The highest BCUT2D eigenvalue weighted by molar-refractivity contribution is 5.89. The number of ether oxygens (including phenoxy) is 1. The molecule has 21 heavy (non-hydrogen) atoms. The van der Waals surface area contributed by atoms with Gasteiger partial charge < -0.3 is 20.1 Å². The molecule has 6 heteroatoms. The van der Waals surface area contributed by atoms with E-state index in [9.17, 15) is 9.59 Å². The molecule has 0 aliphatic heterocycles. The summed E-state index contributed by atoms with van der Waals surface area (Å²) >= 11 is 0. The Bertz CT molecular complexity index is 485. The first-order valence-corrected chi connectivity index (χ1v) is 6.53. The lowest BCUT2D eigenvalue weighted by molar-refractivity contribution is -0.136. The number of benzene rings is 1. The lowest BCUT2D eigenvalue weighted by atomic mass is 10.1. The van der Waals surface area contributed by atoms with E-state index >= 15 is 0 Å². The highest BCUT2D eigenvalue weighted by Crippen LogP contribution is 2.11. The standard InChI is InChI=1S/C15H20N2O4/c1-3-8-17(9-10-21-2)15(20)16-13-6-4-12(5-7-13)11-14(18)19/h3-7H,1,8-11H2,2H3,(H,16,20)(H,18,19). The normalized spacial score (nSPS) is 9.95. The Morgan fingerprint density at radius 1 is 1.38 bits per heavy atom. The van der Waals surface area contributed by atoms with Crippen molar-refractivity contribution in [3.63, 3.8) is 0 Å². The van der Waals surface area contributed by atoms with E-state index in [2.05, 4.69) is 11.9 Å². The van der Waals surface area contributed by atoms with Gasteiger partial charge in [0.1, 0.15) is 0 Å². The van der Waals surface area contributed by atoms with Crippen LogP contribution in [0.4, 0.5) is 10.5 Å². The van der Waals surface area contributed by atoms with Crippen LogP contribution in [0.15, 0.2) is 36.9 Å². The molecule has 0 atom stereocenters. The van der Waals surface area contributed by atoms with Crippen molar-refractivity contribution < 1.29 is 19.4 Å². The van der Waals surface area contributed by atoms with Crippen LogP contribution in [0.1, 0.15) is 5.56 Å². The van der Waals surface area contributed by atoms with Gasteiger partial charge in [0.05, 0.1) is 13.0 Å². The van der Waals surface area contributed by atoms with E-state index in [1.807, 2.05) is 0 Å². The lowest BCUT2D eigenvalue weighted by Crippen LogP contribution is -2.37. The first kappa shape index (κ1) is 16.7. The van der Waals surface area contributed by atoms with Crippen LogP contribution < -0.4 is 5.32 Å². The predicted octanol–water partition coefficient (Wildman–Crippen LogP) is 1.98. The first-order chi connectivity index (χ1) is 10.1. The molecule has 0 spiro atoms. The van der Waals surface area contributed by atoms with Crippen LogP contribution in [0.5, 0.6) is 0 Å². The topological polar surface area (TPSA) is 78.9 Å². The van der Waals surface area contributed by atoms with E-state index < -0.39 is 5.97 Å². The number of carbonyl (C=O) groups is 2. The third-order valence-electron chi connectivity index (χ3n) is 2.76. The summed E-state index contributed by atoms with van der Waals surface area (Å²) in [4.78, 5) is 24.3. The number of nitrogens with one attached hydrogen (secondary N) is 1. The molecule has 1 rings (SSSR count). The van der Waals surface area contributed by atoms with Crippen molar-refractivity contribution in [1.82, 2.24) is 4.90 Å².